The molecule has 0 unspecified atom stereocenters. The molecule has 0 aliphatic heterocycles. The first-order chi connectivity index (χ1) is 5.34. The molecule has 0 bridgehead atoms. The average molecular weight is 158 g/mol. The maximum Gasteiger partial charge on any atom is 0.570 e. The molecule has 0 atom stereocenters. The van der Waals surface area contributed by atoms with Crippen molar-refractivity contribution in [1.29, 1.82) is 5.26 Å². The van der Waals surface area contributed by atoms with Crippen LogP contribution in [0.5, 0.6) is 0 Å². The third-order valence-electron chi connectivity index (χ3n) is 1.25. The molecule has 0 amide bonds. The number of rotatable bonds is 2. The van der Waals surface area contributed by atoms with E-state index in [-0.39, 0.29) is 8.41 Å². The van der Waals surface area contributed by atoms with Crippen LogP contribution in [0.4, 0.5) is 0 Å². The normalized spacial score (nSPS) is 7.67. The van der Waals surface area contributed by atoms with Gasteiger partial charge < -0.3 is 9.68 Å². The quantitative estimate of drug-likeness (QED) is 0.465. The molecule has 12 heavy (non-hydrogen) atoms. The second-order valence-electron chi connectivity index (χ2n) is 1.97. The standard InChI is InChI=1S/C7H6BNO2.B/c9-6-11-8(10)7-4-2-1-3-5-7;/h1-5,10H;. The lowest BCUT2D eigenvalue weighted by Crippen LogP contribution is -2.31. The zero-order valence-electron chi connectivity index (χ0n) is 6.34. The van der Waals surface area contributed by atoms with Crippen molar-refractivity contribution in [2.45, 2.75) is 0 Å². The maximum atomic E-state index is 9.08. The van der Waals surface area contributed by atoms with Crippen LogP contribution in [-0.4, -0.2) is 20.6 Å². The van der Waals surface area contributed by atoms with Gasteiger partial charge in [-0.05, 0) is 5.46 Å². The number of benzene rings is 1. The lowest BCUT2D eigenvalue weighted by Gasteiger charge is -1.99. The van der Waals surface area contributed by atoms with Crippen LogP contribution in [0.3, 0.4) is 0 Å². The van der Waals surface area contributed by atoms with Gasteiger partial charge in [0.05, 0.1) is 0 Å². The van der Waals surface area contributed by atoms with Crippen molar-refractivity contribution in [2.24, 2.45) is 0 Å². The molecule has 0 fully saturated rings. The van der Waals surface area contributed by atoms with Crippen LogP contribution in [0.1, 0.15) is 0 Å². The zero-order chi connectivity index (χ0) is 8.10. The Bertz CT molecular complexity index is 260. The molecule has 0 aliphatic rings. The summed E-state index contributed by atoms with van der Waals surface area (Å²) in [6.07, 6.45) is 1.42. The van der Waals surface area contributed by atoms with Gasteiger partial charge in [-0.1, -0.05) is 30.3 Å². The lowest BCUT2D eigenvalue weighted by atomic mass is 9.80. The Kier molecular flexibility index (Phi) is 4.66. The summed E-state index contributed by atoms with van der Waals surface area (Å²) in [6.45, 7) is 0. The van der Waals surface area contributed by atoms with Gasteiger partial charge in [-0.3, -0.25) is 0 Å². The van der Waals surface area contributed by atoms with Crippen molar-refractivity contribution in [3.63, 3.8) is 0 Å². The van der Waals surface area contributed by atoms with Crippen LogP contribution in [0, 0.1) is 11.5 Å². The molecule has 0 spiro atoms. The summed E-state index contributed by atoms with van der Waals surface area (Å²) in [7, 11) is -1.14. The number of hydrogen-bond acceptors (Lipinski definition) is 3. The van der Waals surface area contributed by atoms with Crippen molar-refractivity contribution in [3.8, 4) is 6.26 Å². The second-order valence-corrected chi connectivity index (χ2v) is 1.97. The fourth-order valence-electron chi connectivity index (χ4n) is 0.736. The van der Waals surface area contributed by atoms with Gasteiger partial charge >= 0.3 is 7.12 Å². The van der Waals surface area contributed by atoms with Crippen molar-refractivity contribution in [3.05, 3.63) is 30.3 Å². The van der Waals surface area contributed by atoms with Crippen molar-refractivity contribution in [2.75, 3.05) is 0 Å². The minimum absolute atomic E-state index is 0. The Morgan fingerprint density at radius 1 is 1.33 bits per heavy atom. The van der Waals surface area contributed by atoms with E-state index in [0.29, 0.717) is 5.46 Å². The molecule has 1 aromatic carbocycles. The van der Waals surface area contributed by atoms with Gasteiger partial charge in [0.2, 0.25) is 0 Å². The third-order valence-corrected chi connectivity index (χ3v) is 1.25. The average Bonchev–Trinajstić information content (AvgIpc) is 2.07. The van der Waals surface area contributed by atoms with E-state index in [1.165, 1.54) is 6.26 Å². The Morgan fingerprint density at radius 2 is 1.92 bits per heavy atom. The molecule has 5 heteroatoms. The molecule has 1 aromatic rings. The first-order valence-corrected chi connectivity index (χ1v) is 3.12. The highest BCUT2D eigenvalue weighted by atomic mass is 16.5. The van der Waals surface area contributed by atoms with E-state index in [9.17, 15) is 0 Å². The maximum absolute atomic E-state index is 9.08. The van der Waals surface area contributed by atoms with Crippen LogP contribution in [0.15, 0.2) is 30.3 Å². The van der Waals surface area contributed by atoms with Gasteiger partial charge in [0.25, 0.3) is 6.26 Å². The van der Waals surface area contributed by atoms with Crippen LogP contribution >= 0.6 is 0 Å². The number of nitriles is 1. The smallest absolute Gasteiger partial charge is 0.463 e. The number of hydrogen-bond donors (Lipinski definition) is 1. The molecule has 0 saturated heterocycles. The van der Waals surface area contributed by atoms with E-state index in [0.717, 1.165) is 0 Å². The van der Waals surface area contributed by atoms with E-state index in [4.69, 9.17) is 10.3 Å². The summed E-state index contributed by atoms with van der Waals surface area (Å²) in [6, 6.07) is 8.71. The van der Waals surface area contributed by atoms with Crippen LogP contribution < -0.4 is 5.46 Å². The van der Waals surface area contributed by atoms with Crippen molar-refractivity contribution >= 4 is 21.0 Å². The SMILES string of the molecule is N#COB(O)c1ccccc1.[B]. The van der Waals surface area contributed by atoms with Gasteiger partial charge in [-0.25, -0.2) is 0 Å². The first-order valence-electron chi connectivity index (χ1n) is 3.12. The van der Waals surface area contributed by atoms with Crippen molar-refractivity contribution < 1.29 is 9.68 Å². The Labute approximate surface area is 73.3 Å². The van der Waals surface area contributed by atoms with Crippen LogP contribution in [-0.2, 0) is 4.65 Å². The van der Waals surface area contributed by atoms with E-state index in [2.05, 4.69) is 4.65 Å². The van der Waals surface area contributed by atoms with E-state index in [1.54, 1.807) is 24.3 Å². The minimum Gasteiger partial charge on any atom is -0.463 e. The van der Waals surface area contributed by atoms with E-state index < -0.39 is 7.12 Å². The topological polar surface area (TPSA) is 53.2 Å². The monoisotopic (exact) mass is 158 g/mol. The summed E-state index contributed by atoms with van der Waals surface area (Å²) in [5.41, 5.74) is 0.578. The molecule has 57 valence electrons. The summed E-state index contributed by atoms with van der Waals surface area (Å²) in [5.74, 6) is 0. The van der Waals surface area contributed by atoms with Gasteiger partial charge in [-0.2, -0.15) is 5.26 Å². The Hall–Kier alpha value is -1.40. The fraction of sp³-hybridized carbons (Fsp3) is 0. The summed E-state index contributed by atoms with van der Waals surface area (Å²) in [4.78, 5) is 0. The fourth-order valence-corrected chi connectivity index (χ4v) is 0.736. The molecule has 0 saturated carbocycles. The molecule has 0 aromatic heterocycles. The molecule has 3 radical (unpaired) electrons. The van der Waals surface area contributed by atoms with Gasteiger partial charge in [-0.15, -0.1) is 0 Å². The number of nitrogens with zero attached hydrogens (tertiary/aromatic N) is 1. The summed E-state index contributed by atoms with van der Waals surface area (Å²) < 4.78 is 4.29. The first kappa shape index (κ1) is 10.6. The van der Waals surface area contributed by atoms with E-state index in [1.807, 2.05) is 6.07 Å². The van der Waals surface area contributed by atoms with Crippen LogP contribution in [0.25, 0.3) is 0 Å². The molecular formula is C7H6B2NO2. The third kappa shape index (κ3) is 2.69. The van der Waals surface area contributed by atoms with Crippen LogP contribution in [0.2, 0.25) is 0 Å². The highest BCUT2D eigenvalue weighted by Gasteiger charge is 2.16. The molecule has 1 N–H and O–H groups in total. The van der Waals surface area contributed by atoms with E-state index >= 15 is 0 Å². The highest BCUT2D eigenvalue weighted by Crippen LogP contribution is 1.86. The molecule has 0 aliphatic carbocycles. The minimum atomic E-state index is -1.14. The molecule has 1 rings (SSSR count). The summed E-state index contributed by atoms with van der Waals surface area (Å²) >= 11 is 0. The Morgan fingerprint density at radius 3 is 2.42 bits per heavy atom. The molecule has 3 nitrogen and oxygen atoms in total. The largest absolute Gasteiger partial charge is 0.570 e. The van der Waals surface area contributed by atoms with Crippen molar-refractivity contribution in [1.82, 2.24) is 0 Å². The predicted molar refractivity (Wildman–Crippen MR) is 46.5 cm³/mol. The van der Waals surface area contributed by atoms with Gasteiger partial charge in [0, 0.05) is 8.41 Å². The highest BCUT2D eigenvalue weighted by molar-refractivity contribution is 6.60. The zero-order valence-corrected chi connectivity index (χ0v) is 6.34. The summed E-state index contributed by atoms with van der Waals surface area (Å²) in [5, 5.41) is 17.1. The van der Waals surface area contributed by atoms with Gasteiger partial charge in [0.1, 0.15) is 0 Å². The predicted octanol–water partition coefficient (Wildman–Crippen LogP) is -0.509. The lowest BCUT2D eigenvalue weighted by molar-refractivity contribution is 0.402. The molecule has 0 heterocycles. The van der Waals surface area contributed by atoms with Gasteiger partial charge in [0.15, 0.2) is 0 Å². The molecular weight excluding hydrogens is 152 g/mol. The Balaban J connectivity index is 0.00000121. The second kappa shape index (κ2) is 5.28.